The second-order valence-electron chi connectivity index (χ2n) is 13.2. The van der Waals surface area contributed by atoms with Gasteiger partial charge in [-0.05, 0) is 101 Å². The van der Waals surface area contributed by atoms with Crippen molar-refractivity contribution >= 4 is 94.1 Å². The third-order valence-electron chi connectivity index (χ3n) is 10.6. The average molecular weight is 729 g/mol. The largest absolute Gasteiger partial charge is 0.477 e. The van der Waals surface area contributed by atoms with E-state index in [1.165, 1.54) is 68.3 Å². The highest BCUT2D eigenvalue weighted by molar-refractivity contribution is 7.26. The molecule has 8 aromatic rings. The van der Waals surface area contributed by atoms with Crippen molar-refractivity contribution in [1.82, 2.24) is 0 Å². The summed E-state index contributed by atoms with van der Waals surface area (Å²) in [6, 6.07) is 45.8. The molecule has 1 aliphatic carbocycles. The molecule has 0 atom stereocenters. The quantitative estimate of drug-likeness (QED) is 0.125. The molecule has 0 amide bonds. The van der Waals surface area contributed by atoms with E-state index in [9.17, 15) is 15.2 Å². The molecule has 1 aliphatic rings. The van der Waals surface area contributed by atoms with Gasteiger partial charge in [0.15, 0.2) is 0 Å². The van der Waals surface area contributed by atoms with Gasteiger partial charge in [0.1, 0.15) is 11.6 Å². The van der Waals surface area contributed by atoms with Crippen molar-refractivity contribution < 1.29 is 9.90 Å². The van der Waals surface area contributed by atoms with Gasteiger partial charge in [-0.1, -0.05) is 80.6 Å². The van der Waals surface area contributed by atoms with E-state index >= 15 is 0 Å². The molecule has 0 saturated carbocycles. The Morgan fingerprint density at radius 1 is 0.712 bits per heavy atom. The van der Waals surface area contributed by atoms with Crippen LogP contribution in [0.4, 0.5) is 17.1 Å². The Bertz CT molecular complexity index is 2770. The van der Waals surface area contributed by atoms with Crippen molar-refractivity contribution in [3.63, 3.8) is 0 Å². The topological polar surface area (TPSA) is 64.3 Å². The van der Waals surface area contributed by atoms with Crippen molar-refractivity contribution in [3.8, 4) is 26.3 Å². The fourth-order valence-corrected chi connectivity index (χ4v) is 11.7. The highest BCUT2D eigenvalue weighted by Crippen LogP contribution is 2.60. The minimum Gasteiger partial charge on any atom is -0.477 e. The van der Waals surface area contributed by atoms with Crippen LogP contribution in [-0.2, 0) is 10.2 Å². The number of anilines is 3. The summed E-state index contributed by atoms with van der Waals surface area (Å²) in [7, 11) is 0. The summed E-state index contributed by atoms with van der Waals surface area (Å²) in [5, 5.41) is 23.8. The minimum atomic E-state index is -1.20. The highest BCUT2D eigenvalue weighted by Gasteiger charge is 2.43. The Balaban J connectivity index is 1.12. The number of thiophene rings is 3. The number of rotatable bonds is 8. The molecule has 0 bridgehead atoms. The zero-order valence-corrected chi connectivity index (χ0v) is 31.0. The first-order valence-electron chi connectivity index (χ1n) is 17.4. The maximum atomic E-state index is 11.6. The number of benzene rings is 5. The third kappa shape index (κ3) is 5.09. The van der Waals surface area contributed by atoms with Crippen LogP contribution in [0.15, 0.2) is 127 Å². The number of carboxylic acids is 1. The first kappa shape index (κ1) is 32.4. The molecule has 7 heteroatoms. The minimum absolute atomic E-state index is 0.133. The second-order valence-corrected chi connectivity index (χ2v) is 16.4. The van der Waals surface area contributed by atoms with Crippen molar-refractivity contribution in [2.24, 2.45) is 0 Å². The summed E-state index contributed by atoms with van der Waals surface area (Å²) in [6.07, 6.45) is 3.40. The molecule has 1 N–H and O–H groups in total. The lowest BCUT2D eigenvalue weighted by Gasteiger charge is -2.28. The van der Waals surface area contributed by atoms with Crippen LogP contribution in [0.3, 0.4) is 0 Å². The zero-order valence-electron chi connectivity index (χ0n) is 28.5. The lowest BCUT2D eigenvalue weighted by atomic mass is 9.75. The van der Waals surface area contributed by atoms with Gasteiger partial charge in [-0.25, -0.2) is 4.79 Å². The van der Waals surface area contributed by atoms with Crippen LogP contribution in [0.5, 0.6) is 0 Å². The van der Waals surface area contributed by atoms with Crippen LogP contribution in [0.1, 0.15) is 42.7 Å². The monoisotopic (exact) mass is 728 g/mol. The molecular weight excluding hydrogens is 697 g/mol. The molecule has 0 saturated heterocycles. The summed E-state index contributed by atoms with van der Waals surface area (Å²) >= 11 is 5.25. The van der Waals surface area contributed by atoms with Gasteiger partial charge in [0.05, 0.1) is 0 Å². The van der Waals surface area contributed by atoms with E-state index in [-0.39, 0.29) is 11.0 Å². The molecular formula is C45H32N2O2S3. The molecule has 0 radical (unpaired) electrons. The van der Waals surface area contributed by atoms with Gasteiger partial charge in [-0.15, -0.1) is 34.0 Å². The van der Waals surface area contributed by atoms with Crippen LogP contribution in [0.2, 0.25) is 0 Å². The Hall–Kier alpha value is -5.52. The third-order valence-corrected chi connectivity index (χ3v) is 14.1. The molecule has 3 aromatic heterocycles. The Morgan fingerprint density at radius 2 is 1.37 bits per heavy atom. The predicted molar refractivity (Wildman–Crippen MR) is 221 cm³/mol. The summed E-state index contributed by atoms with van der Waals surface area (Å²) in [6.45, 7) is 4.47. The summed E-state index contributed by atoms with van der Waals surface area (Å²) in [5.74, 6) is -1.20. The number of nitrogens with zero attached hydrogens (tertiary/aromatic N) is 2. The lowest BCUT2D eigenvalue weighted by Crippen LogP contribution is -2.22. The van der Waals surface area contributed by atoms with Gasteiger partial charge >= 0.3 is 5.97 Å². The van der Waals surface area contributed by atoms with E-state index in [1.807, 2.05) is 28.7 Å². The highest BCUT2D eigenvalue weighted by atomic mass is 32.1. The Labute approximate surface area is 313 Å². The normalized spacial score (nSPS) is 13.4. The van der Waals surface area contributed by atoms with Crippen molar-refractivity contribution in [2.45, 2.75) is 32.1 Å². The van der Waals surface area contributed by atoms with E-state index in [0.717, 1.165) is 34.8 Å². The van der Waals surface area contributed by atoms with E-state index in [2.05, 4.69) is 140 Å². The number of hydrogen-bond donors (Lipinski definition) is 1. The smallest absolute Gasteiger partial charge is 0.346 e. The van der Waals surface area contributed by atoms with Gasteiger partial charge < -0.3 is 10.0 Å². The molecule has 5 aromatic carbocycles. The maximum absolute atomic E-state index is 11.6. The molecule has 4 nitrogen and oxygen atoms in total. The lowest BCUT2D eigenvalue weighted by molar-refractivity contribution is -0.132. The SMILES string of the molecule is CCC1(CC)c2cc(/C=C(\C#N)C(=O)O)sc2-c2sc(-c3ccc4c(c3)sc3cc(N(c5ccccc5)c5ccc6ccccc6c5)ccc34)cc21. The van der Waals surface area contributed by atoms with Crippen LogP contribution in [0, 0.1) is 11.3 Å². The van der Waals surface area contributed by atoms with Crippen LogP contribution >= 0.6 is 34.0 Å². The molecule has 0 fully saturated rings. The number of para-hydroxylation sites is 1. The molecule has 3 heterocycles. The number of carboxylic acid groups (broad SMARTS) is 1. The maximum Gasteiger partial charge on any atom is 0.346 e. The van der Waals surface area contributed by atoms with Gasteiger partial charge in [-0.3, -0.25) is 0 Å². The van der Waals surface area contributed by atoms with E-state index < -0.39 is 5.97 Å². The fourth-order valence-electron chi connectivity index (χ4n) is 7.90. The van der Waals surface area contributed by atoms with Gasteiger partial charge in [0.25, 0.3) is 0 Å². The van der Waals surface area contributed by atoms with E-state index in [0.29, 0.717) is 0 Å². The Morgan fingerprint density at radius 3 is 2.12 bits per heavy atom. The molecule has 0 aliphatic heterocycles. The van der Waals surface area contributed by atoms with Crippen molar-refractivity contribution in [2.75, 3.05) is 4.90 Å². The van der Waals surface area contributed by atoms with Crippen molar-refractivity contribution in [1.29, 1.82) is 5.26 Å². The number of fused-ring (bicyclic) bond motifs is 7. The number of aliphatic carboxylic acids is 1. The molecule has 9 rings (SSSR count). The summed E-state index contributed by atoms with van der Waals surface area (Å²) < 4.78 is 2.51. The molecule has 0 unspecified atom stereocenters. The number of nitriles is 1. The van der Waals surface area contributed by atoms with Gasteiger partial charge in [0, 0.05) is 62.2 Å². The van der Waals surface area contributed by atoms with Crippen LogP contribution < -0.4 is 4.90 Å². The molecule has 252 valence electrons. The predicted octanol–water partition coefficient (Wildman–Crippen LogP) is 13.5. The first-order valence-corrected chi connectivity index (χ1v) is 19.8. The van der Waals surface area contributed by atoms with Gasteiger partial charge in [-0.2, -0.15) is 5.26 Å². The molecule has 52 heavy (non-hydrogen) atoms. The van der Waals surface area contributed by atoms with Gasteiger partial charge in [0.2, 0.25) is 0 Å². The number of carbonyl (C=O) groups is 1. The summed E-state index contributed by atoms with van der Waals surface area (Å²) in [5.41, 5.74) is 6.82. The van der Waals surface area contributed by atoms with E-state index in [1.54, 1.807) is 11.3 Å². The van der Waals surface area contributed by atoms with Crippen molar-refractivity contribution in [3.05, 3.63) is 143 Å². The van der Waals surface area contributed by atoms with Crippen LogP contribution in [0.25, 0.3) is 57.2 Å². The fraction of sp³-hybridized carbons (Fsp3) is 0.111. The average Bonchev–Trinajstić information content (AvgIpc) is 3.94. The summed E-state index contributed by atoms with van der Waals surface area (Å²) in [4.78, 5) is 18.4. The van der Waals surface area contributed by atoms with Crippen LogP contribution in [-0.4, -0.2) is 11.1 Å². The molecule has 0 spiro atoms. The van der Waals surface area contributed by atoms with E-state index in [4.69, 9.17) is 0 Å². The number of hydrogen-bond acceptors (Lipinski definition) is 6. The second kappa shape index (κ2) is 12.6. The standard InChI is InChI=1S/C45H32N2O2S3/c1-3-45(4-2)37-24-34(21-30(26-46)44(48)49)50-42(37)43-38(45)25-39(52-43)29-15-18-35-36-19-17-33(23-41(36)51-40(35)22-29)47(31-12-6-5-7-13-31)32-16-14-27-10-8-9-11-28(27)20-32/h5-25H,3-4H2,1-2H3,(H,48,49)/b30-21+. The Kier molecular flexibility index (Phi) is 7.85. The zero-order chi connectivity index (χ0) is 35.6. The first-order chi connectivity index (χ1) is 25.4.